The van der Waals surface area contributed by atoms with E-state index in [2.05, 4.69) is 0 Å². The predicted octanol–water partition coefficient (Wildman–Crippen LogP) is 3.69. The van der Waals surface area contributed by atoms with E-state index in [0.29, 0.717) is 35.0 Å². The van der Waals surface area contributed by atoms with Crippen LogP contribution < -0.4 is 9.47 Å². The summed E-state index contributed by atoms with van der Waals surface area (Å²) in [6.07, 6.45) is 0.363. The van der Waals surface area contributed by atoms with Crippen molar-refractivity contribution >= 4 is 15.7 Å². The van der Waals surface area contributed by atoms with Crippen molar-refractivity contribution in [2.24, 2.45) is 0 Å². The number of carbonyl (C=O) groups excluding carboxylic acids is 1. The first kappa shape index (κ1) is 22.8. The Morgan fingerprint density at radius 3 is 2.39 bits per heavy atom. The second-order valence-corrected chi connectivity index (χ2v) is 10.0. The summed E-state index contributed by atoms with van der Waals surface area (Å²) in [5.41, 5.74) is 0.701. The van der Waals surface area contributed by atoms with E-state index in [1.807, 2.05) is 0 Å². The lowest BCUT2D eigenvalue weighted by Crippen LogP contribution is -2.43. The van der Waals surface area contributed by atoms with Gasteiger partial charge in [-0.1, -0.05) is 0 Å². The molecule has 1 aliphatic rings. The van der Waals surface area contributed by atoms with Crippen LogP contribution in [0, 0.1) is 5.82 Å². The first-order valence-electron chi connectivity index (χ1n) is 10.4. The normalized spacial score (nSPS) is 17.0. The molecule has 1 amide bonds. The molecule has 0 spiro atoms. The molecule has 2 aromatic carbocycles. The van der Waals surface area contributed by atoms with Crippen LogP contribution in [-0.2, 0) is 21.2 Å². The zero-order valence-electron chi connectivity index (χ0n) is 18.1. The van der Waals surface area contributed by atoms with Gasteiger partial charge in [-0.2, -0.15) is 0 Å². The summed E-state index contributed by atoms with van der Waals surface area (Å²) >= 11 is 0. The minimum absolute atomic E-state index is 0.0414. The highest BCUT2D eigenvalue weighted by Gasteiger charge is 2.35. The molecular formula is C24H24FNO6S. The summed E-state index contributed by atoms with van der Waals surface area (Å²) in [6, 6.07) is 15.7. The predicted molar refractivity (Wildman–Crippen MR) is 120 cm³/mol. The fraction of sp³-hybridized carbons (Fsp3) is 0.292. The van der Waals surface area contributed by atoms with Crippen LogP contribution in [-0.4, -0.2) is 50.5 Å². The highest BCUT2D eigenvalue weighted by molar-refractivity contribution is 7.91. The molecular weight excluding hydrogens is 449 g/mol. The number of rotatable bonds is 8. The molecule has 1 aliphatic heterocycles. The fourth-order valence-corrected chi connectivity index (χ4v) is 5.47. The van der Waals surface area contributed by atoms with Gasteiger partial charge >= 0.3 is 0 Å². The number of amides is 1. The molecule has 0 aliphatic carbocycles. The number of nitrogens with zero attached hydrogens (tertiary/aromatic N) is 1. The Morgan fingerprint density at radius 2 is 1.76 bits per heavy atom. The largest absolute Gasteiger partial charge is 0.497 e. The molecule has 33 heavy (non-hydrogen) atoms. The number of furan rings is 1. The van der Waals surface area contributed by atoms with E-state index in [-0.39, 0.29) is 36.4 Å². The number of hydrogen-bond donors (Lipinski definition) is 0. The van der Waals surface area contributed by atoms with Crippen molar-refractivity contribution in [3.63, 3.8) is 0 Å². The number of halogens is 1. The maximum atomic E-state index is 13.2. The summed E-state index contributed by atoms with van der Waals surface area (Å²) in [4.78, 5) is 14.6. The molecule has 0 saturated carbocycles. The smallest absolute Gasteiger partial charge is 0.261 e. The van der Waals surface area contributed by atoms with E-state index in [9.17, 15) is 17.6 Å². The van der Waals surface area contributed by atoms with Crippen LogP contribution in [0.5, 0.6) is 11.5 Å². The van der Waals surface area contributed by atoms with Crippen molar-refractivity contribution in [3.8, 4) is 22.8 Å². The van der Waals surface area contributed by atoms with Crippen molar-refractivity contribution < 1.29 is 31.5 Å². The molecule has 174 valence electrons. The van der Waals surface area contributed by atoms with Crippen LogP contribution >= 0.6 is 0 Å². The average molecular weight is 474 g/mol. The Bertz CT molecular complexity index is 1200. The number of sulfone groups is 1. The third-order valence-corrected chi connectivity index (χ3v) is 7.26. The lowest BCUT2D eigenvalue weighted by molar-refractivity contribution is -0.136. The van der Waals surface area contributed by atoms with Gasteiger partial charge in [-0.3, -0.25) is 4.79 Å². The molecule has 1 fully saturated rings. The summed E-state index contributed by atoms with van der Waals surface area (Å²) in [5.74, 6) is 1.46. The van der Waals surface area contributed by atoms with Crippen LogP contribution in [0.25, 0.3) is 11.3 Å². The molecule has 1 unspecified atom stereocenters. The second-order valence-electron chi connectivity index (χ2n) is 7.82. The van der Waals surface area contributed by atoms with E-state index in [1.54, 1.807) is 55.6 Å². The molecule has 9 heteroatoms. The van der Waals surface area contributed by atoms with Gasteiger partial charge in [0.15, 0.2) is 16.4 Å². The third kappa shape index (κ3) is 5.73. The zero-order chi connectivity index (χ0) is 23.4. The number of carbonyl (C=O) groups is 1. The summed E-state index contributed by atoms with van der Waals surface area (Å²) < 4.78 is 53.9. The van der Waals surface area contributed by atoms with Gasteiger partial charge in [0.25, 0.3) is 5.91 Å². The molecule has 0 radical (unpaired) electrons. The van der Waals surface area contributed by atoms with Crippen LogP contribution in [0.1, 0.15) is 12.2 Å². The number of methoxy groups -OCH3 is 1. The monoisotopic (exact) mass is 473 g/mol. The lowest BCUT2D eigenvalue weighted by atomic mass is 10.2. The van der Waals surface area contributed by atoms with Gasteiger partial charge in [-0.15, -0.1) is 0 Å². The molecule has 3 aromatic rings. The second kappa shape index (κ2) is 9.66. The molecule has 4 rings (SSSR count). The molecule has 7 nitrogen and oxygen atoms in total. The van der Waals surface area contributed by atoms with Crippen molar-refractivity contribution in [2.45, 2.75) is 19.0 Å². The Balaban J connectivity index is 1.48. The Hall–Kier alpha value is -3.33. The van der Waals surface area contributed by atoms with Gasteiger partial charge in [0.1, 0.15) is 28.8 Å². The first-order chi connectivity index (χ1) is 15.8. The van der Waals surface area contributed by atoms with Gasteiger partial charge in [0, 0.05) is 11.6 Å². The maximum Gasteiger partial charge on any atom is 0.261 e. The van der Waals surface area contributed by atoms with Crippen LogP contribution in [0.3, 0.4) is 0 Å². The van der Waals surface area contributed by atoms with Crippen LogP contribution in [0.15, 0.2) is 65.1 Å². The van der Waals surface area contributed by atoms with Crippen molar-refractivity contribution in [1.82, 2.24) is 4.90 Å². The molecule has 1 atom stereocenters. The Kier molecular flexibility index (Phi) is 6.69. The van der Waals surface area contributed by atoms with Gasteiger partial charge in [-0.25, -0.2) is 12.8 Å². The first-order valence-corrected chi connectivity index (χ1v) is 12.3. The highest BCUT2D eigenvalue weighted by atomic mass is 32.2. The minimum atomic E-state index is -3.20. The summed E-state index contributed by atoms with van der Waals surface area (Å²) in [7, 11) is -1.64. The van der Waals surface area contributed by atoms with Crippen LogP contribution in [0.4, 0.5) is 4.39 Å². The van der Waals surface area contributed by atoms with Crippen molar-refractivity contribution in [3.05, 3.63) is 72.2 Å². The van der Waals surface area contributed by atoms with E-state index in [0.717, 1.165) is 0 Å². The molecule has 0 bridgehead atoms. The minimum Gasteiger partial charge on any atom is -0.497 e. The Morgan fingerprint density at radius 1 is 1.06 bits per heavy atom. The average Bonchev–Trinajstić information content (AvgIpc) is 3.42. The molecule has 0 N–H and O–H groups in total. The Labute approximate surface area is 191 Å². The van der Waals surface area contributed by atoms with Gasteiger partial charge in [0.2, 0.25) is 0 Å². The van der Waals surface area contributed by atoms with E-state index in [4.69, 9.17) is 13.9 Å². The van der Waals surface area contributed by atoms with Gasteiger partial charge in [-0.05, 0) is 67.1 Å². The number of ether oxygens (including phenoxy) is 2. The standard InChI is InChI=1S/C24H24FNO6S/c1-30-20-6-8-21(9-7-20)31-15-24(27)26(19-12-13-33(28,29)16-19)14-22-10-11-23(32-22)17-2-4-18(25)5-3-17/h2-11,19H,12-16H2,1H3. The summed E-state index contributed by atoms with van der Waals surface area (Å²) in [6.45, 7) is -0.138. The SMILES string of the molecule is COc1ccc(OCC(=O)N(Cc2ccc(-c3ccc(F)cc3)o2)C2CCS(=O)(=O)C2)cc1. The summed E-state index contributed by atoms with van der Waals surface area (Å²) in [5, 5.41) is 0. The molecule has 1 saturated heterocycles. The maximum absolute atomic E-state index is 13.2. The highest BCUT2D eigenvalue weighted by Crippen LogP contribution is 2.26. The van der Waals surface area contributed by atoms with Crippen molar-refractivity contribution in [2.75, 3.05) is 25.2 Å². The van der Waals surface area contributed by atoms with E-state index in [1.165, 1.54) is 17.0 Å². The van der Waals surface area contributed by atoms with E-state index < -0.39 is 15.9 Å². The van der Waals surface area contributed by atoms with Gasteiger partial charge < -0.3 is 18.8 Å². The van der Waals surface area contributed by atoms with E-state index >= 15 is 0 Å². The zero-order valence-corrected chi connectivity index (χ0v) is 18.9. The quantitative estimate of drug-likeness (QED) is 0.496. The number of benzene rings is 2. The van der Waals surface area contributed by atoms with Gasteiger partial charge in [0.05, 0.1) is 25.2 Å². The fourth-order valence-electron chi connectivity index (χ4n) is 3.74. The molecule has 2 heterocycles. The molecule has 1 aromatic heterocycles. The lowest BCUT2D eigenvalue weighted by Gasteiger charge is -2.27. The van der Waals surface area contributed by atoms with Crippen molar-refractivity contribution in [1.29, 1.82) is 0 Å². The van der Waals surface area contributed by atoms with Crippen LogP contribution in [0.2, 0.25) is 0 Å². The third-order valence-electron chi connectivity index (χ3n) is 5.51. The number of hydrogen-bond acceptors (Lipinski definition) is 6. The topological polar surface area (TPSA) is 86.1 Å².